The van der Waals surface area contributed by atoms with Gasteiger partial charge >= 0.3 is 0 Å². The fraction of sp³-hybridized carbons (Fsp3) is 0.154. The van der Waals surface area contributed by atoms with Gasteiger partial charge in [-0.25, -0.2) is 0 Å². The van der Waals surface area contributed by atoms with E-state index in [1.165, 1.54) is 6.20 Å². The first kappa shape index (κ1) is 11.3. The van der Waals surface area contributed by atoms with Gasteiger partial charge in [-0.2, -0.15) is 0 Å². The van der Waals surface area contributed by atoms with Crippen LogP contribution in [0.2, 0.25) is 0 Å². The van der Waals surface area contributed by atoms with Gasteiger partial charge in [-0.3, -0.25) is 14.6 Å². The van der Waals surface area contributed by atoms with Crippen molar-refractivity contribution in [2.75, 3.05) is 13.6 Å². The van der Waals surface area contributed by atoms with Gasteiger partial charge in [-0.05, 0) is 18.2 Å². The van der Waals surface area contributed by atoms with Crippen LogP contribution in [0.25, 0.3) is 0 Å². The molecule has 0 atom stereocenters. The number of nitrogens with zero attached hydrogens (tertiary/aromatic N) is 2. The summed E-state index contributed by atoms with van der Waals surface area (Å²) in [7, 11) is 1.78. The van der Waals surface area contributed by atoms with Gasteiger partial charge in [-0.1, -0.05) is 18.2 Å². The number of carbonyl (C=O) groups is 2. The highest BCUT2D eigenvalue weighted by Gasteiger charge is 2.24. The second-order valence-electron chi connectivity index (χ2n) is 3.73. The van der Waals surface area contributed by atoms with Crippen LogP contribution < -0.4 is 0 Å². The molecule has 0 saturated heterocycles. The molecule has 1 aromatic rings. The van der Waals surface area contributed by atoms with Crippen molar-refractivity contribution in [2.24, 2.45) is 0 Å². The van der Waals surface area contributed by atoms with Gasteiger partial charge in [0.2, 0.25) is 0 Å². The summed E-state index contributed by atoms with van der Waals surface area (Å²) >= 11 is 0. The lowest BCUT2D eigenvalue weighted by molar-refractivity contribution is -0.113. The van der Waals surface area contributed by atoms with Gasteiger partial charge in [0.15, 0.2) is 0 Å². The number of pyridine rings is 1. The number of hydrogen-bond acceptors (Lipinski definition) is 4. The maximum Gasteiger partial charge on any atom is 0.253 e. The molecule has 0 spiro atoms. The van der Waals surface area contributed by atoms with Crippen LogP contribution in [0.15, 0.2) is 48.3 Å². The SMILES string of the molecule is CN1CC=CC=C1C(=O)C(=O)c1ccccn1. The van der Waals surface area contributed by atoms with E-state index < -0.39 is 11.6 Å². The average molecular weight is 228 g/mol. The first-order valence-electron chi connectivity index (χ1n) is 5.28. The van der Waals surface area contributed by atoms with Crippen LogP contribution in [0.4, 0.5) is 0 Å². The summed E-state index contributed by atoms with van der Waals surface area (Å²) in [5, 5.41) is 0. The van der Waals surface area contributed by atoms with Gasteiger partial charge in [0.25, 0.3) is 11.6 Å². The molecule has 86 valence electrons. The molecular weight excluding hydrogens is 216 g/mol. The van der Waals surface area contributed by atoms with Gasteiger partial charge in [0, 0.05) is 19.8 Å². The lowest BCUT2D eigenvalue weighted by Gasteiger charge is -2.21. The summed E-state index contributed by atoms with van der Waals surface area (Å²) in [6.07, 6.45) is 6.84. The van der Waals surface area contributed by atoms with Crippen molar-refractivity contribution in [2.45, 2.75) is 0 Å². The molecule has 0 aromatic carbocycles. The second kappa shape index (κ2) is 4.74. The van der Waals surface area contributed by atoms with E-state index in [9.17, 15) is 9.59 Å². The fourth-order valence-electron chi connectivity index (χ4n) is 1.58. The highest BCUT2D eigenvalue weighted by molar-refractivity contribution is 6.48. The third-order valence-electron chi connectivity index (χ3n) is 2.52. The predicted molar refractivity (Wildman–Crippen MR) is 63.4 cm³/mol. The molecule has 2 rings (SSSR count). The van der Waals surface area contributed by atoms with Gasteiger partial charge in [0.05, 0.1) is 5.70 Å². The first-order valence-corrected chi connectivity index (χ1v) is 5.28. The Morgan fingerprint density at radius 3 is 2.76 bits per heavy atom. The van der Waals surface area contributed by atoms with Crippen molar-refractivity contribution < 1.29 is 9.59 Å². The van der Waals surface area contributed by atoms with Crippen LogP contribution in [-0.4, -0.2) is 35.0 Å². The molecule has 0 amide bonds. The maximum absolute atomic E-state index is 12.0. The Hall–Kier alpha value is -2.23. The Kier molecular flexibility index (Phi) is 3.14. The second-order valence-corrected chi connectivity index (χ2v) is 3.73. The first-order chi connectivity index (χ1) is 8.20. The van der Waals surface area contributed by atoms with Gasteiger partial charge in [-0.15, -0.1) is 0 Å². The molecule has 0 saturated carbocycles. The smallest absolute Gasteiger partial charge is 0.253 e. The minimum absolute atomic E-state index is 0.182. The molecule has 17 heavy (non-hydrogen) atoms. The number of aromatic nitrogens is 1. The molecule has 1 aromatic heterocycles. The van der Waals surface area contributed by atoms with Crippen LogP contribution >= 0.6 is 0 Å². The van der Waals surface area contributed by atoms with Crippen molar-refractivity contribution in [1.29, 1.82) is 0 Å². The monoisotopic (exact) mass is 228 g/mol. The molecule has 0 bridgehead atoms. The normalized spacial score (nSPS) is 14.4. The molecular formula is C13H12N2O2. The number of ketones is 2. The zero-order valence-electron chi connectivity index (χ0n) is 9.46. The van der Waals surface area contributed by atoms with E-state index in [1.807, 2.05) is 6.08 Å². The zero-order chi connectivity index (χ0) is 12.3. The zero-order valence-corrected chi connectivity index (χ0v) is 9.46. The van der Waals surface area contributed by atoms with Crippen molar-refractivity contribution in [3.8, 4) is 0 Å². The lowest BCUT2D eigenvalue weighted by Crippen LogP contribution is -2.30. The van der Waals surface area contributed by atoms with Gasteiger partial charge in [0.1, 0.15) is 5.69 Å². The third kappa shape index (κ3) is 2.30. The van der Waals surface area contributed by atoms with E-state index >= 15 is 0 Å². The van der Waals surface area contributed by atoms with Crippen molar-refractivity contribution >= 4 is 11.6 Å². The predicted octanol–water partition coefficient (Wildman–Crippen LogP) is 1.22. The molecule has 0 unspecified atom stereocenters. The number of Topliss-reactive ketones (excluding diaryl/α,β-unsaturated/α-hetero) is 2. The Labute approximate surface area is 99.3 Å². The standard InChI is InChI=1S/C13H12N2O2/c1-15-9-5-3-7-11(15)13(17)12(16)10-6-2-4-8-14-10/h2-8H,9H2,1H3. The van der Waals surface area contributed by atoms with Crippen molar-refractivity contribution in [3.05, 3.63) is 54.0 Å². The van der Waals surface area contributed by atoms with Crippen molar-refractivity contribution in [1.82, 2.24) is 9.88 Å². The number of rotatable bonds is 3. The van der Waals surface area contributed by atoms with E-state index in [1.54, 1.807) is 42.3 Å². The molecule has 4 heteroatoms. The number of likely N-dealkylation sites (N-methyl/N-ethyl adjacent to an activating group) is 1. The van der Waals surface area contributed by atoms with Gasteiger partial charge < -0.3 is 4.90 Å². The molecule has 1 aliphatic heterocycles. The summed E-state index contributed by atoms with van der Waals surface area (Å²) in [6.45, 7) is 0.632. The summed E-state index contributed by atoms with van der Waals surface area (Å²) in [5.74, 6) is -1.09. The minimum atomic E-state index is -0.570. The molecule has 0 aliphatic carbocycles. The largest absolute Gasteiger partial charge is 0.368 e. The number of carbonyl (C=O) groups excluding carboxylic acids is 2. The molecule has 0 radical (unpaired) electrons. The Morgan fingerprint density at radius 2 is 2.12 bits per heavy atom. The topological polar surface area (TPSA) is 50.3 Å². The summed E-state index contributed by atoms with van der Waals surface area (Å²) in [6, 6.07) is 4.93. The van der Waals surface area contributed by atoms with Crippen LogP contribution in [-0.2, 0) is 4.79 Å². The molecule has 1 aliphatic rings. The highest BCUT2D eigenvalue weighted by atomic mass is 16.2. The molecule has 2 heterocycles. The Balaban J connectivity index is 2.24. The Morgan fingerprint density at radius 1 is 1.29 bits per heavy atom. The Bertz CT molecular complexity index is 503. The van der Waals surface area contributed by atoms with E-state index in [0.29, 0.717) is 12.2 Å². The van der Waals surface area contributed by atoms with Crippen LogP contribution in [0.5, 0.6) is 0 Å². The van der Waals surface area contributed by atoms with Crippen LogP contribution in [0.1, 0.15) is 10.5 Å². The van der Waals surface area contributed by atoms with E-state index in [4.69, 9.17) is 0 Å². The number of hydrogen-bond donors (Lipinski definition) is 0. The molecule has 0 fully saturated rings. The summed E-state index contributed by atoms with van der Waals surface area (Å²) in [5.41, 5.74) is 0.588. The van der Waals surface area contributed by atoms with Crippen LogP contribution in [0.3, 0.4) is 0 Å². The summed E-state index contributed by atoms with van der Waals surface area (Å²) < 4.78 is 0. The third-order valence-corrected chi connectivity index (χ3v) is 2.52. The van der Waals surface area contributed by atoms with Crippen molar-refractivity contribution in [3.63, 3.8) is 0 Å². The average Bonchev–Trinajstić information content (AvgIpc) is 2.39. The molecule has 0 N–H and O–H groups in total. The number of allylic oxidation sites excluding steroid dienone is 3. The quantitative estimate of drug-likeness (QED) is 0.576. The fourth-order valence-corrected chi connectivity index (χ4v) is 1.58. The minimum Gasteiger partial charge on any atom is -0.368 e. The van der Waals surface area contributed by atoms with Crippen LogP contribution in [0, 0.1) is 0 Å². The lowest BCUT2D eigenvalue weighted by atomic mass is 10.1. The summed E-state index contributed by atoms with van der Waals surface area (Å²) in [4.78, 5) is 29.5. The maximum atomic E-state index is 12.0. The van der Waals surface area contributed by atoms with E-state index in [-0.39, 0.29) is 5.69 Å². The van der Waals surface area contributed by atoms with E-state index in [0.717, 1.165) is 0 Å². The molecule has 4 nitrogen and oxygen atoms in total. The van der Waals surface area contributed by atoms with E-state index in [2.05, 4.69) is 4.98 Å². The highest BCUT2D eigenvalue weighted by Crippen LogP contribution is 2.11.